The fourth-order valence-corrected chi connectivity index (χ4v) is 8.95. The zero-order chi connectivity index (χ0) is 31.3. The normalized spacial score (nSPS) is 12.2. The van der Waals surface area contributed by atoms with Crippen LogP contribution in [0.5, 0.6) is 0 Å². The van der Waals surface area contributed by atoms with E-state index in [0.29, 0.717) is 0 Å². The molecule has 0 saturated heterocycles. The van der Waals surface area contributed by atoms with Crippen LogP contribution in [0.3, 0.4) is 0 Å². The van der Waals surface area contributed by atoms with E-state index >= 15 is 0 Å². The lowest BCUT2D eigenvalue weighted by Gasteiger charge is -2.10. The zero-order valence-electron chi connectivity index (χ0n) is 25.7. The Morgan fingerprint density at radius 3 is 2.02 bits per heavy atom. The predicted octanol–water partition coefficient (Wildman–Crippen LogP) is 11.6. The molecule has 48 heavy (non-hydrogen) atoms. The van der Waals surface area contributed by atoms with E-state index in [0.717, 1.165) is 22.6 Å². The quantitative estimate of drug-likeness (QED) is 0.191. The maximum atomic E-state index is 4.89. The van der Waals surface area contributed by atoms with Gasteiger partial charge in [-0.15, -0.1) is 11.3 Å². The number of benzene rings is 6. The van der Waals surface area contributed by atoms with Gasteiger partial charge in [0.15, 0.2) is 0 Å². The maximum absolute atomic E-state index is 4.89. The summed E-state index contributed by atoms with van der Waals surface area (Å²) in [6.07, 6.45) is 4.15. The third-order valence-corrected chi connectivity index (χ3v) is 11.0. The molecule has 0 fully saturated rings. The summed E-state index contributed by atoms with van der Waals surface area (Å²) >= 11 is 1.87. The Hall–Kier alpha value is -6.17. The highest BCUT2D eigenvalue weighted by atomic mass is 32.1. The van der Waals surface area contributed by atoms with Crippen LogP contribution in [0.1, 0.15) is 0 Å². The molecule has 11 aromatic rings. The highest BCUT2D eigenvalue weighted by Crippen LogP contribution is 2.47. The Balaban J connectivity index is 1.27. The number of nitrogens with zero attached hydrogens (tertiary/aromatic N) is 4. The number of thiophene rings is 1. The van der Waals surface area contributed by atoms with E-state index in [-0.39, 0.29) is 0 Å². The molecule has 0 aliphatic rings. The van der Waals surface area contributed by atoms with Crippen LogP contribution in [0.15, 0.2) is 158 Å². The van der Waals surface area contributed by atoms with Gasteiger partial charge in [0.2, 0.25) is 0 Å². The molecule has 0 N–H and O–H groups in total. The molecule has 0 unspecified atom stereocenters. The molecule has 5 heteroatoms. The fourth-order valence-electron chi connectivity index (χ4n) is 7.84. The second-order valence-electron chi connectivity index (χ2n) is 12.4. The highest BCUT2D eigenvalue weighted by molar-refractivity contribution is 7.26. The molecule has 5 heterocycles. The molecule has 224 valence electrons. The van der Waals surface area contributed by atoms with Crippen LogP contribution in [-0.4, -0.2) is 18.5 Å². The summed E-state index contributed by atoms with van der Waals surface area (Å²) in [6.45, 7) is 0. The van der Waals surface area contributed by atoms with Crippen LogP contribution in [0.2, 0.25) is 0 Å². The Bertz CT molecular complexity index is 3010. The summed E-state index contributed by atoms with van der Waals surface area (Å²) in [5, 5.41) is 7.72. The van der Waals surface area contributed by atoms with Gasteiger partial charge in [-0.1, -0.05) is 78.9 Å². The molecule has 6 aromatic carbocycles. The minimum atomic E-state index is 0.949. The number of hydrogen-bond donors (Lipinski definition) is 0. The first-order valence-corrected chi connectivity index (χ1v) is 17.0. The summed E-state index contributed by atoms with van der Waals surface area (Å²) in [4.78, 5) is 4.89. The second-order valence-corrected chi connectivity index (χ2v) is 13.5. The van der Waals surface area contributed by atoms with Crippen molar-refractivity contribution in [3.63, 3.8) is 0 Å². The average Bonchev–Trinajstić information content (AvgIpc) is 3.90. The Morgan fingerprint density at radius 2 is 1.17 bits per heavy atom. The highest BCUT2D eigenvalue weighted by Gasteiger charge is 2.23. The number of pyridine rings is 1. The van der Waals surface area contributed by atoms with Gasteiger partial charge in [-0.3, -0.25) is 0 Å². The van der Waals surface area contributed by atoms with Crippen LogP contribution in [0.25, 0.3) is 92.1 Å². The first-order valence-electron chi connectivity index (χ1n) is 16.2. The van der Waals surface area contributed by atoms with Crippen molar-refractivity contribution in [1.82, 2.24) is 18.5 Å². The molecular weight excluding hydrogens is 605 g/mol. The number of rotatable bonds is 3. The molecule has 0 amide bonds. The van der Waals surface area contributed by atoms with Crippen molar-refractivity contribution in [2.75, 3.05) is 0 Å². The molecule has 11 rings (SSSR count). The number of para-hydroxylation sites is 2. The monoisotopic (exact) mass is 630 g/mol. The lowest BCUT2D eigenvalue weighted by Crippen LogP contribution is -1.95. The third-order valence-electron chi connectivity index (χ3n) is 9.87. The van der Waals surface area contributed by atoms with Gasteiger partial charge in [0.25, 0.3) is 0 Å². The van der Waals surface area contributed by atoms with Gasteiger partial charge in [-0.25, -0.2) is 4.98 Å². The lowest BCUT2D eigenvalue weighted by atomic mass is 10.0. The van der Waals surface area contributed by atoms with E-state index in [4.69, 9.17) is 4.98 Å². The van der Waals surface area contributed by atoms with E-state index in [1.807, 2.05) is 35.7 Å². The van der Waals surface area contributed by atoms with Crippen LogP contribution >= 0.6 is 11.3 Å². The molecule has 0 saturated carbocycles. The first kappa shape index (κ1) is 26.0. The summed E-state index contributed by atoms with van der Waals surface area (Å²) in [7, 11) is 0. The number of fused-ring (bicyclic) bond motifs is 12. The zero-order valence-corrected chi connectivity index (χ0v) is 26.5. The number of aromatic nitrogens is 4. The van der Waals surface area contributed by atoms with Crippen molar-refractivity contribution < 1.29 is 0 Å². The molecular formula is C43H26N4S. The molecule has 0 bridgehead atoms. The topological polar surface area (TPSA) is 27.2 Å². The van der Waals surface area contributed by atoms with E-state index in [1.165, 1.54) is 69.5 Å². The van der Waals surface area contributed by atoms with Crippen molar-refractivity contribution in [3.8, 4) is 22.6 Å². The standard InChI is InChI=1S/C43H26N4S/c1-2-10-28(11-3-1)46-34-14-6-4-12-30(34)40-35(46)22-23-36-41(40)32-21-24-38-42(31-13-5-7-15-37(31)48-38)43(32)47(36)29-19-17-27(18-20-29)33-26-45-25-9-8-16-39(45)44-33/h1-26H. The van der Waals surface area contributed by atoms with E-state index in [9.17, 15) is 0 Å². The van der Waals surface area contributed by atoms with E-state index < -0.39 is 0 Å². The summed E-state index contributed by atoms with van der Waals surface area (Å²) in [5.41, 5.74) is 10.2. The van der Waals surface area contributed by atoms with Gasteiger partial charge in [0.1, 0.15) is 5.65 Å². The van der Waals surface area contributed by atoms with Gasteiger partial charge >= 0.3 is 0 Å². The summed E-state index contributed by atoms with van der Waals surface area (Å²) in [5.74, 6) is 0. The van der Waals surface area contributed by atoms with Crippen molar-refractivity contribution >= 4 is 80.8 Å². The fraction of sp³-hybridized carbons (Fsp3) is 0. The van der Waals surface area contributed by atoms with Crippen molar-refractivity contribution in [3.05, 3.63) is 158 Å². The second kappa shape index (κ2) is 9.67. The lowest BCUT2D eigenvalue weighted by molar-refractivity contribution is 1.17. The van der Waals surface area contributed by atoms with Gasteiger partial charge in [-0.05, 0) is 66.7 Å². The largest absolute Gasteiger partial charge is 0.309 e. The molecule has 0 radical (unpaired) electrons. The predicted molar refractivity (Wildman–Crippen MR) is 202 cm³/mol. The Kier molecular flexibility index (Phi) is 5.23. The van der Waals surface area contributed by atoms with E-state index in [1.54, 1.807) is 0 Å². The van der Waals surface area contributed by atoms with Crippen molar-refractivity contribution in [2.24, 2.45) is 0 Å². The Morgan fingerprint density at radius 1 is 0.458 bits per heavy atom. The van der Waals surface area contributed by atoms with Crippen molar-refractivity contribution in [2.45, 2.75) is 0 Å². The summed E-state index contributed by atoms with van der Waals surface area (Å²) < 4.78 is 9.59. The van der Waals surface area contributed by atoms with Crippen LogP contribution in [0, 0.1) is 0 Å². The van der Waals surface area contributed by atoms with Gasteiger partial charge in [0.05, 0.1) is 27.8 Å². The molecule has 4 nitrogen and oxygen atoms in total. The van der Waals surface area contributed by atoms with Crippen molar-refractivity contribution in [1.29, 1.82) is 0 Å². The Labute approximate surface area is 279 Å². The van der Waals surface area contributed by atoms with Crippen LogP contribution in [-0.2, 0) is 0 Å². The average molecular weight is 631 g/mol. The molecule has 0 spiro atoms. The molecule has 0 aliphatic heterocycles. The number of imidazole rings is 1. The SMILES string of the molecule is c1ccc(-n2c3ccccc3c3c4c5ccc6sc7ccccc7c6c5n(-c5ccc(-c6cn7ccccc7n6)cc5)c4ccc32)cc1. The third kappa shape index (κ3) is 3.51. The molecule has 0 atom stereocenters. The van der Waals surface area contributed by atoms with Crippen LogP contribution < -0.4 is 0 Å². The minimum Gasteiger partial charge on any atom is -0.309 e. The summed E-state index contributed by atoms with van der Waals surface area (Å²) in [6, 6.07) is 52.7. The minimum absolute atomic E-state index is 0.949. The maximum Gasteiger partial charge on any atom is 0.137 e. The molecule has 5 aromatic heterocycles. The van der Waals surface area contributed by atoms with E-state index in [2.05, 4.69) is 147 Å². The smallest absolute Gasteiger partial charge is 0.137 e. The van der Waals surface area contributed by atoms with Gasteiger partial charge < -0.3 is 13.5 Å². The number of hydrogen-bond acceptors (Lipinski definition) is 2. The van der Waals surface area contributed by atoms with Crippen LogP contribution in [0.4, 0.5) is 0 Å². The first-order chi connectivity index (χ1) is 23.8. The molecule has 0 aliphatic carbocycles. The van der Waals surface area contributed by atoms with Gasteiger partial charge in [-0.2, -0.15) is 0 Å². The van der Waals surface area contributed by atoms with Gasteiger partial charge in [0, 0.05) is 71.0 Å².